The number of Topliss-reactive ketones (excluding diaryl/α,β-unsaturated/α-hetero) is 1. The van der Waals surface area contributed by atoms with E-state index in [1.165, 1.54) is 19.5 Å². The first kappa shape index (κ1) is 12.6. The molecule has 0 fully saturated rings. The van der Waals surface area contributed by atoms with Gasteiger partial charge in [-0.1, -0.05) is 13.3 Å². The molecule has 1 heterocycles. The Bertz CT molecular complexity index is 355. The Morgan fingerprint density at radius 3 is 2.81 bits per heavy atom. The molecule has 5 nitrogen and oxygen atoms in total. The number of carbonyl (C=O) groups is 1. The van der Waals surface area contributed by atoms with Gasteiger partial charge in [-0.3, -0.25) is 4.79 Å². The van der Waals surface area contributed by atoms with E-state index < -0.39 is 0 Å². The van der Waals surface area contributed by atoms with Crippen molar-refractivity contribution in [2.24, 2.45) is 5.73 Å². The third kappa shape index (κ3) is 3.27. The number of methoxy groups -OCH3 is 1. The molecule has 1 atom stereocenters. The zero-order chi connectivity index (χ0) is 12.0. The maximum atomic E-state index is 11.8. The molecule has 0 aliphatic heterocycles. The Hall–Kier alpha value is -1.49. The van der Waals surface area contributed by atoms with Crippen LogP contribution in [0.25, 0.3) is 0 Å². The van der Waals surface area contributed by atoms with Crippen LogP contribution in [0.1, 0.15) is 36.7 Å². The summed E-state index contributed by atoms with van der Waals surface area (Å²) < 4.78 is 4.97. The molecule has 1 aromatic rings. The second kappa shape index (κ2) is 6.17. The fraction of sp³-hybridized carbons (Fsp3) is 0.545. The van der Waals surface area contributed by atoms with E-state index in [4.69, 9.17) is 10.5 Å². The molecule has 0 aromatic carbocycles. The molecule has 0 radical (unpaired) electrons. The first-order valence-electron chi connectivity index (χ1n) is 5.32. The predicted molar refractivity (Wildman–Crippen MR) is 60.4 cm³/mol. The SMILES string of the molecule is CCCC(N)CC(=O)c1nccnc1OC. The number of hydrogen-bond donors (Lipinski definition) is 1. The minimum absolute atomic E-state index is 0.120. The molecule has 0 aliphatic carbocycles. The maximum absolute atomic E-state index is 11.8. The number of aromatic nitrogens is 2. The molecule has 0 saturated carbocycles. The molecule has 0 aliphatic rings. The van der Waals surface area contributed by atoms with Crippen molar-refractivity contribution in [3.05, 3.63) is 18.1 Å². The van der Waals surface area contributed by atoms with Crippen LogP contribution in [0.3, 0.4) is 0 Å². The van der Waals surface area contributed by atoms with E-state index in [2.05, 4.69) is 9.97 Å². The summed E-state index contributed by atoms with van der Waals surface area (Å²) in [6, 6.07) is -0.121. The summed E-state index contributed by atoms with van der Waals surface area (Å²) in [4.78, 5) is 19.7. The van der Waals surface area contributed by atoms with Crippen molar-refractivity contribution in [3.63, 3.8) is 0 Å². The average Bonchev–Trinajstić information content (AvgIpc) is 2.29. The molecule has 0 saturated heterocycles. The van der Waals surface area contributed by atoms with Gasteiger partial charge < -0.3 is 10.5 Å². The van der Waals surface area contributed by atoms with Gasteiger partial charge in [-0.15, -0.1) is 0 Å². The normalized spacial score (nSPS) is 12.2. The highest BCUT2D eigenvalue weighted by atomic mass is 16.5. The van der Waals surface area contributed by atoms with Crippen LogP contribution in [0, 0.1) is 0 Å². The summed E-state index contributed by atoms with van der Waals surface area (Å²) in [5.41, 5.74) is 6.06. The summed E-state index contributed by atoms with van der Waals surface area (Å²) in [6.45, 7) is 2.03. The van der Waals surface area contributed by atoms with E-state index in [1.54, 1.807) is 0 Å². The molecule has 16 heavy (non-hydrogen) atoms. The van der Waals surface area contributed by atoms with Crippen LogP contribution in [0.5, 0.6) is 5.88 Å². The van der Waals surface area contributed by atoms with Crippen LogP contribution < -0.4 is 10.5 Å². The van der Waals surface area contributed by atoms with Crippen LogP contribution in [-0.4, -0.2) is 28.9 Å². The minimum atomic E-state index is -0.121. The molecule has 88 valence electrons. The highest BCUT2D eigenvalue weighted by Gasteiger charge is 2.17. The molecule has 1 unspecified atom stereocenters. The van der Waals surface area contributed by atoms with Crippen LogP contribution in [0.15, 0.2) is 12.4 Å². The number of nitrogens with two attached hydrogens (primary N) is 1. The minimum Gasteiger partial charge on any atom is -0.479 e. The van der Waals surface area contributed by atoms with Gasteiger partial charge in [0.15, 0.2) is 11.5 Å². The second-order valence-electron chi connectivity index (χ2n) is 3.59. The van der Waals surface area contributed by atoms with Crippen LogP contribution in [0.4, 0.5) is 0 Å². The van der Waals surface area contributed by atoms with Gasteiger partial charge in [0, 0.05) is 24.9 Å². The van der Waals surface area contributed by atoms with Gasteiger partial charge >= 0.3 is 0 Å². The highest BCUT2D eigenvalue weighted by Crippen LogP contribution is 2.14. The number of carbonyl (C=O) groups excluding carboxylic acids is 1. The molecule has 0 bridgehead atoms. The van der Waals surface area contributed by atoms with Crippen molar-refractivity contribution >= 4 is 5.78 Å². The molecule has 0 amide bonds. The summed E-state index contributed by atoms with van der Waals surface area (Å²) in [6.07, 6.45) is 5.03. The van der Waals surface area contributed by atoms with Gasteiger partial charge in [0.05, 0.1) is 7.11 Å². The largest absolute Gasteiger partial charge is 0.479 e. The third-order valence-corrected chi connectivity index (χ3v) is 2.23. The molecular weight excluding hydrogens is 206 g/mol. The lowest BCUT2D eigenvalue weighted by Gasteiger charge is -2.09. The molecule has 1 rings (SSSR count). The number of ketones is 1. The Balaban J connectivity index is 2.72. The number of rotatable bonds is 6. The fourth-order valence-corrected chi connectivity index (χ4v) is 1.47. The van der Waals surface area contributed by atoms with Crippen molar-refractivity contribution in [3.8, 4) is 5.88 Å². The van der Waals surface area contributed by atoms with Crippen molar-refractivity contribution in [2.45, 2.75) is 32.2 Å². The number of nitrogens with zero attached hydrogens (tertiary/aromatic N) is 2. The van der Waals surface area contributed by atoms with Gasteiger partial charge in [-0.05, 0) is 6.42 Å². The first-order chi connectivity index (χ1) is 7.69. The maximum Gasteiger partial charge on any atom is 0.243 e. The number of ether oxygens (including phenoxy) is 1. The lowest BCUT2D eigenvalue weighted by Crippen LogP contribution is -2.24. The van der Waals surface area contributed by atoms with Gasteiger partial charge in [0.25, 0.3) is 0 Å². The van der Waals surface area contributed by atoms with Gasteiger partial charge in [0.1, 0.15) is 0 Å². The zero-order valence-corrected chi connectivity index (χ0v) is 9.64. The average molecular weight is 223 g/mol. The summed E-state index contributed by atoms with van der Waals surface area (Å²) >= 11 is 0. The van der Waals surface area contributed by atoms with Crippen molar-refractivity contribution in [1.82, 2.24) is 9.97 Å². The highest BCUT2D eigenvalue weighted by molar-refractivity contribution is 5.96. The van der Waals surface area contributed by atoms with Crippen molar-refractivity contribution in [1.29, 1.82) is 0 Å². The lowest BCUT2D eigenvalue weighted by atomic mass is 10.0. The Morgan fingerprint density at radius 1 is 1.50 bits per heavy atom. The van der Waals surface area contributed by atoms with Crippen molar-refractivity contribution in [2.75, 3.05) is 7.11 Å². The molecule has 1 aromatic heterocycles. The van der Waals surface area contributed by atoms with E-state index >= 15 is 0 Å². The fourth-order valence-electron chi connectivity index (χ4n) is 1.47. The van der Waals surface area contributed by atoms with Crippen LogP contribution in [-0.2, 0) is 0 Å². The lowest BCUT2D eigenvalue weighted by molar-refractivity contribution is 0.0964. The van der Waals surface area contributed by atoms with E-state index in [9.17, 15) is 4.79 Å². The first-order valence-corrected chi connectivity index (χ1v) is 5.32. The third-order valence-electron chi connectivity index (χ3n) is 2.23. The van der Waals surface area contributed by atoms with Gasteiger partial charge in [0.2, 0.25) is 5.88 Å². The van der Waals surface area contributed by atoms with Gasteiger partial charge in [-0.2, -0.15) is 0 Å². The van der Waals surface area contributed by atoms with Crippen LogP contribution in [0.2, 0.25) is 0 Å². The summed E-state index contributed by atoms with van der Waals surface area (Å²) in [7, 11) is 1.47. The smallest absolute Gasteiger partial charge is 0.243 e. The van der Waals surface area contributed by atoms with Gasteiger partial charge in [-0.25, -0.2) is 9.97 Å². The predicted octanol–water partition coefficient (Wildman–Crippen LogP) is 1.19. The van der Waals surface area contributed by atoms with E-state index in [-0.39, 0.29) is 29.8 Å². The quantitative estimate of drug-likeness (QED) is 0.733. The monoisotopic (exact) mass is 223 g/mol. The van der Waals surface area contributed by atoms with E-state index in [0.29, 0.717) is 0 Å². The molecule has 0 spiro atoms. The van der Waals surface area contributed by atoms with Crippen LogP contribution >= 0.6 is 0 Å². The van der Waals surface area contributed by atoms with E-state index in [1.807, 2.05) is 6.92 Å². The Morgan fingerprint density at radius 2 is 2.19 bits per heavy atom. The second-order valence-corrected chi connectivity index (χ2v) is 3.59. The Kier molecular flexibility index (Phi) is 4.85. The summed E-state index contributed by atoms with van der Waals surface area (Å²) in [5, 5.41) is 0. The number of hydrogen-bond acceptors (Lipinski definition) is 5. The molecule has 2 N–H and O–H groups in total. The molecular formula is C11H17N3O2. The topological polar surface area (TPSA) is 78.1 Å². The van der Waals surface area contributed by atoms with Crippen molar-refractivity contribution < 1.29 is 9.53 Å². The summed E-state index contributed by atoms with van der Waals surface area (Å²) in [5.74, 6) is 0.141. The standard InChI is InChI=1S/C11H17N3O2/c1-3-4-8(12)7-9(15)10-11(16-2)14-6-5-13-10/h5-6,8H,3-4,7,12H2,1-2H3. The Labute approximate surface area is 95.0 Å². The molecule has 5 heteroatoms. The zero-order valence-electron chi connectivity index (χ0n) is 9.64. The van der Waals surface area contributed by atoms with E-state index in [0.717, 1.165) is 12.8 Å².